The van der Waals surface area contributed by atoms with Crippen LogP contribution in [0.4, 0.5) is 18.9 Å². The Morgan fingerprint density at radius 2 is 1.71 bits per heavy atom. The lowest BCUT2D eigenvalue weighted by molar-refractivity contribution is -0.137. The second kappa shape index (κ2) is 9.61. The van der Waals surface area contributed by atoms with Gasteiger partial charge in [0.05, 0.1) is 18.4 Å². The van der Waals surface area contributed by atoms with Crippen molar-refractivity contribution in [3.63, 3.8) is 0 Å². The zero-order valence-electron chi connectivity index (χ0n) is 16.3. The molecule has 3 aromatic rings. The van der Waals surface area contributed by atoms with Crippen LogP contribution in [0.5, 0.6) is 5.75 Å². The van der Waals surface area contributed by atoms with Crippen LogP contribution in [0.25, 0.3) is 10.6 Å². The Bertz CT molecular complexity index is 1050. The SMILES string of the molecule is COc1ccc(NC(=O)C(=O)NCCc2csc(-c3ccc(C(F)(F)F)cc3)n2)cc1. The largest absolute Gasteiger partial charge is 0.497 e. The highest BCUT2D eigenvalue weighted by Gasteiger charge is 2.30. The van der Waals surface area contributed by atoms with Gasteiger partial charge in [0, 0.05) is 29.6 Å². The predicted molar refractivity (Wildman–Crippen MR) is 111 cm³/mol. The molecule has 0 fully saturated rings. The number of rotatable bonds is 6. The minimum Gasteiger partial charge on any atom is -0.497 e. The van der Waals surface area contributed by atoms with E-state index in [2.05, 4.69) is 15.6 Å². The number of nitrogens with zero attached hydrogens (tertiary/aromatic N) is 1. The third-order valence-corrected chi connectivity index (χ3v) is 5.17. The fourth-order valence-corrected chi connectivity index (χ4v) is 3.46. The number of methoxy groups -OCH3 is 1. The number of halogens is 3. The molecule has 1 heterocycles. The number of hydrogen-bond donors (Lipinski definition) is 2. The molecule has 162 valence electrons. The van der Waals surface area contributed by atoms with Gasteiger partial charge in [-0.3, -0.25) is 9.59 Å². The molecule has 2 amide bonds. The number of ether oxygens (including phenoxy) is 1. The molecule has 2 aromatic carbocycles. The molecule has 10 heteroatoms. The van der Waals surface area contributed by atoms with Crippen LogP contribution in [-0.4, -0.2) is 30.5 Å². The van der Waals surface area contributed by atoms with Gasteiger partial charge in [-0.2, -0.15) is 13.2 Å². The Kier molecular flexibility index (Phi) is 6.91. The molecule has 0 atom stereocenters. The molecule has 0 aliphatic rings. The van der Waals surface area contributed by atoms with Crippen LogP contribution in [0, 0.1) is 0 Å². The molecule has 0 spiro atoms. The van der Waals surface area contributed by atoms with E-state index >= 15 is 0 Å². The molecular weight excluding hydrogens is 431 g/mol. The third kappa shape index (κ3) is 6.05. The van der Waals surface area contributed by atoms with Crippen molar-refractivity contribution in [3.05, 3.63) is 65.2 Å². The molecule has 31 heavy (non-hydrogen) atoms. The third-order valence-electron chi connectivity index (χ3n) is 4.23. The van der Waals surface area contributed by atoms with Gasteiger partial charge in [0.2, 0.25) is 0 Å². The van der Waals surface area contributed by atoms with Crippen molar-refractivity contribution < 1.29 is 27.5 Å². The zero-order chi connectivity index (χ0) is 22.4. The second-order valence-corrected chi connectivity index (χ2v) is 7.27. The van der Waals surface area contributed by atoms with E-state index in [4.69, 9.17) is 4.74 Å². The first kappa shape index (κ1) is 22.3. The maximum atomic E-state index is 12.7. The Hall–Kier alpha value is -3.40. The fourth-order valence-electron chi connectivity index (χ4n) is 2.60. The molecule has 3 rings (SSSR count). The standard InChI is InChI=1S/C21H18F3N3O3S/c1-30-17-8-6-15(7-9-17)26-19(29)18(28)25-11-10-16-12-31-20(27-16)13-2-4-14(5-3-13)21(22,23)24/h2-9,12H,10-11H2,1H3,(H,25,28)(H,26,29). The van der Waals surface area contributed by atoms with Gasteiger partial charge in [0.1, 0.15) is 10.8 Å². The lowest BCUT2D eigenvalue weighted by Crippen LogP contribution is -2.36. The summed E-state index contributed by atoms with van der Waals surface area (Å²) in [7, 11) is 1.52. The monoisotopic (exact) mass is 449 g/mol. The molecule has 0 radical (unpaired) electrons. The topological polar surface area (TPSA) is 80.3 Å². The molecular formula is C21H18F3N3O3S. The minimum absolute atomic E-state index is 0.186. The molecule has 0 unspecified atom stereocenters. The quantitative estimate of drug-likeness (QED) is 0.555. The molecule has 0 saturated carbocycles. The summed E-state index contributed by atoms with van der Waals surface area (Å²) < 4.78 is 43.0. The maximum Gasteiger partial charge on any atom is 0.416 e. The lowest BCUT2D eigenvalue weighted by atomic mass is 10.1. The molecule has 1 aromatic heterocycles. The maximum absolute atomic E-state index is 12.7. The molecule has 0 aliphatic heterocycles. The van der Waals surface area contributed by atoms with Crippen molar-refractivity contribution in [1.82, 2.24) is 10.3 Å². The average Bonchev–Trinajstić information content (AvgIpc) is 3.22. The van der Waals surface area contributed by atoms with Gasteiger partial charge >= 0.3 is 18.0 Å². The number of nitrogens with one attached hydrogen (secondary N) is 2. The normalized spacial score (nSPS) is 11.1. The highest BCUT2D eigenvalue weighted by Crippen LogP contribution is 2.31. The van der Waals surface area contributed by atoms with E-state index in [0.717, 1.165) is 12.1 Å². The number of amides is 2. The van der Waals surface area contributed by atoms with E-state index in [9.17, 15) is 22.8 Å². The van der Waals surface area contributed by atoms with Gasteiger partial charge < -0.3 is 15.4 Å². The summed E-state index contributed by atoms with van der Waals surface area (Å²) in [4.78, 5) is 28.3. The van der Waals surface area contributed by atoms with Gasteiger partial charge in [-0.15, -0.1) is 11.3 Å². The Labute approximate surface area is 180 Å². The van der Waals surface area contributed by atoms with Crippen LogP contribution < -0.4 is 15.4 Å². The number of thiazole rings is 1. The summed E-state index contributed by atoms with van der Waals surface area (Å²) in [5.41, 5.74) is 0.980. The first-order valence-electron chi connectivity index (χ1n) is 9.11. The highest BCUT2D eigenvalue weighted by atomic mass is 32.1. The van der Waals surface area contributed by atoms with Crippen molar-refractivity contribution in [2.75, 3.05) is 19.0 Å². The van der Waals surface area contributed by atoms with Crippen molar-refractivity contribution in [1.29, 1.82) is 0 Å². The summed E-state index contributed by atoms with van der Waals surface area (Å²) in [6.07, 6.45) is -4.01. The van der Waals surface area contributed by atoms with E-state index in [1.54, 1.807) is 29.6 Å². The van der Waals surface area contributed by atoms with Gasteiger partial charge in [0.25, 0.3) is 0 Å². The van der Waals surface area contributed by atoms with Gasteiger partial charge in [-0.05, 0) is 36.4 Å². The van der Waals surface area contributed by atoms with Crippen molar-refractivity contribution in [2.24, 2.45) is 0 Å². The molecule has 6 nitrogen and oxygen atoms in total. The van der Waals surface area contributed by atoms with E-state index < -0.39 is 23.6 Å². The Balaban J connectivity index is 1.49. The number of carbonyl (C=O) groups is 2. The van der Waals surface area contributed by atoms with Crippen LogP contribution in [-0.2, 0) is 22.2 Å². The van der Waals surface area contributed by atoms with E-state index in [0.29, 0.717) is 34.1 Å². The first-order valence-corrected chi connectivity index (χ1v) is 9.99. The van der Waals surface area contributed by atoms with E-state index in [1.807, 2.05) is 0 Å². The number of aromatic nitrogens is 1. The lowest BCUT2D eigenvalue weighted by Gasteiger charge is -2.07. The number of carbonyl (C=O) groups excluding carboxylic acids is 2. The molecule has 0 bridgehead atoms. The molecule has 0 saturated heterocycles. The van der Waals surface area contributed by atoms with Crippen LogP contribution in [0.3, 0.4) is 0 Å². The van der Waals surface area contributed by atoms with Crippen molar-refractivity contribution in [2.45, 2.75) is 12.6 Å². The minimum atomic E-state index is -4.38. The Morgan fingerprint density at radius 1 is 1.03 bits per heavy atom. The van der Waals surface area contributed by atoms with Gasteiger partial charge in [-0.1, -0.05) is 12.1 Å². The van der Waals surface area contributed by atoms with E-state index in [1.165, 1.54) is 30.6 Å². The molecule has 0 aliphatic carbocycles. The van der Waals surface area contributed by atoms with Crippen molar-refractivity contribution in [3.8, 4) is 16.3 Å². The Morgan fingerprint density at radius 3 is 2.32 bits per heavy atom. The summed E-state index contributed by atoms with van der Waals surface area (Å²) in [5, 5.41) is 7.33. The number of alkyl halides is 3. The van der Waals surface area contributed by atoms with Crippen LogP contribution in [0.2, 0.25) is 0 Å². The zero-order valence-corrected chi connectivity index (χ0v) is 17.1. The van der Waals surface area contributed by atoms with Gasteiger partial charge in [0.15, 0.2) is 0 Å². The summed E-state index contributed by atoms with van der Waals surface area (Å²) in [5.74, 6) is -0.954. The predicted octanol–water partition coefficient (Wildman–Crippen LogP) is 4.13. The van der Waals surface area contributed by atoms with Crippen LogP contribution in [0.1, 0.15) is 11.3 Å². The number of benzene rings is 2. The summed E-state index contributed by atoms with van der Waals surface area (Å²) in [6, 6.07) is 11.3. The summed E-state index contributed by atoms with van der Waals surface area (Å²) >= 11 is 1.29. The highest BCUT2D eigenvalue weighted by molar-refractivity contribution is 7.13. The smallest absolute Gasteiger partial charge is 0.416 e. The fraction of sp³-hybridized carbons (Fsp3) is 0.190. The van der Waals surface area contributed by atoms with Gasteiger partial charge in [-0.25, -0.2) is 4.98 Å². The van der Waals surface area contributed by atoms with E-state index in [-0.39, 0.29) is 6.54 Å². The number of hydrogen-bond acceptors (Lipinski definition) is 5. The first-order chi connectivity index (χ1) is 14.8. The average molecular weight is 449 g/mol. The molecule has 2 N–H and O–H groups in total. The number of anilines is 1. The van der Waals surface area contributed by atoms with Crippen molar-refractivity contribution >= 4 is 28.8 Å². The summed E-state index contributed by atoms with van der Waals surface area (Å²) in [6.45, 7) is 0.186. The van der Waals surface area contributed by atoms with Crippen LogP contribution >= 0.6 is 11.3 Å². The second-order valence-electron chi connectivity index (χ2n) is 6.41. The van der Waals surface area contributed by atoms with Crippen LogP contribution in [0.15, 0.2) is 53.9 Å².